The Morgan fingerprint density at radius 3 is 1.91 bits per heavy atom. The van der Waals surface area contributed by atoms with E-state index in [0.717, 1.165) is 5.75 Å². The van der Waals surface area contributed by atoms with E-state index in [1.807, 2.05) is 0 Å². The maximum Gasteiger partial charge on any atom is 0.119 e. The predicted octanol–water partition coefficient (Wildman–Crippen LogP) is 7.83. The largest absolute Gasteiger partial charge is 0.497 e. The van der Waals surface area contributed by atoms with E-state index in [9.17, 15) is 0 Å². The summed E-state index contributed by atoms with van der Waals surface area (Å²) in [5, 5.41) is 5.01. The molecule has 0 aliphatic heterocycles. The van der Waals surface area contributed by atoms with Crippen molar-refractivity contribution in [3.8, 4) is 28.0 Å². The molecule has 6 rings (SSSR count). The molecular weight excluding hydrogens is 390 g/mol. The summed E-state index contributed by atoms with van der Waals surface area (Å²) in [4.78, 5) is 0. The minimum atomic E-state index is 0.867. The van der Waals surface area contributed by atoms with Crippen LogP contribution in [0.25, 0.3) is 54.8 Å². The van der Waals surface area contributed by atoms with E-state index >= 15 is 0 Å². The molecule has 154 valence electrons. The highest BCUT2D eigenvalue weighted by atomic mass is 16.5. The second kappa shape index (κ2) is 7.28. The second-order valence-electron chi connectivity index (χ2n) is 8.19. The molecule has 2 heteroatoms. The van der Waals surface area contributed by atoms with E-state index in [1.54, 1.807) is 7.11 Å². The first-order chi connectivity index (χ1) is 15.8. The van der Waals surface area contributed by atoms with Gasteiger partial charge < -0.3 is 9.30 Å². The van der Waals surface area contributed by atoms with Crippen LogP contribution in [0.5, 0.6) is 5.75 Å². The fourth-order valence-corrected chi connectivity index (χ4v) is 5.08. The Balaban J connectivity index is 1.96. The number of para-hydroxylation sites is 1. The van der Waals surface area contributed by atoms with E-state index in [-0.39, 0.29) is 0 Å². The molecule has 1 heterocycles. The van der Waals surface area contributed by atoms with Crippen molar-refractivity contribution < 1.29 is 4.74 Å². The van der Waals surface area contributed by atoms with E-state index in [2.05, 4.69) is 115 Å². The Bertz CT molecular complexity index is 1590. The molecule has 6 aromatic rings. The summed E-state index contributed by atoms with van der Waals surface area (Å²) in [7, 11) is 3.90. The highest BCUT2D eigenvalue weighted by molar-refractivity contribution is 6.28. The average Bonchev–Trinajstić information content (AvgIpc) is 3.16. The van der Waals surface area contributed by atoms with Crippen molar-refractivity contribution in [2.75, 3.05) is 7.11 Å². The van der Waals surface area contributed by atoms with Gasteiger partial charge in [0.2, 0.25) is 0 Å². The molecule has 0 saturated heterocycles. The second-order valence-corrected chi connectivity index (χ2v) is 8.19. The van der Waals surface area contributed by atoms with Crippen molar-refractivity contribution in [1.29, 1.82) is 0 Å². The number of aryl methyl sites for hydroxylation is 1. The van der Waals surface area contributed by atoms with Crippen LogP contribution in [0.4, 0.5) is 0 Å². The monoisotopic (exact) mass is 413 g/mol. The molecule has 0 radical (unpaired) electrons. The minimum absolute atomic E-state index is 0.867. The summed E-state index contributed by atoms with van der Waals surface area (Å²) >= 11 is 0. The number of benzene rings is 5. The maximum atomic E-state index is 5.65. The van der Waals surface area contributed by atoms with Gasteiger partial charge in [-0.2, -0.15) is 0 Å². The van der Waals surface area contributed by atoms with E-state index in [4.69, 9.17) is 4.74 Å². The summed E-state index contributed by atoms with van der Waals surface area (Å²) in [6, 6.07) is 36.6. The van der Waals surface area contributed by atoms with Crippen molar-refractivity contribution in [3.05, 3.63) is 103 Å². The van der Waals surface area contributed by atoms with E-state index in [0.29, 0.717) is 0 Å². The fourth-order valence-electron chi connectivity index (χ4n) is 5.08. The normalized spacial score (nSPS) is 11.4. The van der Waals surface area contributed by atoms with Crippen LogP contribution in [0.3, 0.4) is 0 Å². The Morgan fingerprint density at radius 1 is 0.594 bits per heavy atom. The first-order valence-electron chi connectivity index (χ1n) is 10.9. The van der Waals surface area contributed by atoms with Crippen LogP contribution in [-0.2, 0) is 7.05 Å². The molecule has 0 saturated carbocycles. The summed E-state index contributed by atoms with van der Waals surface area (Å²) in [5.74, 6) is 0.867. The molecule has 0 aliphatic carbocycles. The number of nitrogens with zero attached hydrogens (tertiary/aromatic N) is 1. The molecule has 0 unspecified atom stereocenters. The van der Waals surface area contributed by atoms with Gasteiger partial charge in [0.15, 0.2) is 0 Å². The lowest BCUT2D eigenvalue weighted by Gasteiger charge is -2.18. The zero-order valence-electron chi connectivity index (χ0n) is 18.2. The van der Waals surface area contributed by atoms with Crippen molar-refractivity contribution >= 4 is 32.6 Å². The van der Waals surface area contributed by atoms with Gasteiger partial charge in [0.25, 0.3) is 0 Å². The summed E-state index contributed by atoms with van der Waals surface area (Å²) in [6.07, 6.45) is 0. The third-order valence-electron chi connectivity index (χ3n) is 6.48. The summed E-state index contributed by atoms with van der Waals surface area (Å²) in [6.45, 7) is 0. The maximum absolute atomic E-state index is 5.65. The van der Waals surface area contributed by atoms with Crippen molar-refractivity contribution in [1.82, 2.24) is 4.57 Å². The van der Waals surface area contributed by atoms with E-state index < -0.39 is 0 Å². The van der Waals surface area contributed by atoms with Gasteiger partial charge in [0.1, 0.15) is 5.75 Å². The number of ether oxygens (including phenoxy) is 1. The molecule has 2 nitrogen and oxygen atoms in total. The molecule has 0 N–H and O–H groups in total. The predicted molar refractivity (Wildman–Crippen MR) is 135 cm³/mol. The number of fused-ring (bicyclic) bond motifs is 5. The number of hydrogen-bond acceptors (Lipinski definition) is 1. The van der Waals surface area contributed by atoms with Gasteiger partial charge in [0.05, 0.1) is 12.6 Å². The molecule has 0 atom stereocenters. The highest BCUT2D eigenvalue weighted by Gasteiger charge is 2.22. The van der Waals surface area contributed by atoms with Gasteiger partial charge in [-0.3, -0.25) is 0 Å². The average molecular weight is 414 g/mol. The lowest BCUT2D eigenvalue weighted by atomic mass is 9.86. The van der Waals surface area contributed by atoms with Crippen LogP contribution in [0.2, 0.25) is 0 Å². The van der Waals surface area contributed by atoms with Crippen LogP contribution in [0.15, 0.2) is 103 Å². The SMILES string of the molecule is COc1ccc2c(c1)c(-c1ccccc1)c(-c1ccccc1)c1c3ccccc3n(C)c21. The first kappa shape index (κ1) is 18.7. The van der Waals surface area contributed by atoms with Gasteiger partial charge in [-0.1, -0.05) is 78.9 Å². The van der Waals surface area contributed by atoms with Crippen molar-refractivity contribution in [2.24, 2.45) is 7.05 Å². The molecule has 0 spiro atoms. The zero-order valence-corrected chi connectivity index (χ0v) is 18.2. The zero-order chi connectivity index (χ0) is 21.7. The summed E-state index contributed by atoms with van der Waals surface area (Å²) in [5.41, 5.74) is 7.43. The Morgan fingerprint density at radius 2 is 1.22 bits per heavy atom. The minimum Gasteiger partial charge on any atom is -0.497 e. The topological polar surface area (TPSA) is 14.2 Å². The first-order valence-corrected chi connectivity index (χ1v) is 10.9. The molecule has 1 aromatic heterocycles. The summed E-state index contributed by atoms with van der Waals surface area (Å²) < 4.78 is 7.99. The third kappa shape index (κ3) is 2.66. The number of hydrogen-bond donors (Lipinski definition) is 0. The smallest absolute Gasteiger partial charge is 0.119 e. The van der Waals surface area contributed by atoms with Gasteiger partial charge in [-0.05, 0) is 46.3 Å². The van der Waals surface area contributed by atoms with Crippen LogP contribution in [0.1, 0.15) is 0 Å². The number of rotatable bonds is 3. The highest BCUT2D eigenvalue weighted by Crippen LogP contribution is 2.48. The Labute approximate surface area is 187 Å². The lowest BCUT2D eigenvalue weighted by molar-refractivity contribution is 0.415. The van der Waals surface area contributed by atoms with Gasteiger partial charge in [-0.15, -0.1) is 0 Å². The van der Waals surface area contributed by atoms with Gasteiger partial charge in [-0.25, -0.2) is 0 Å². The van der Waals surface area contributed by atoms with E-state index in [1.165, 1.54) is 54.8 Å². The molecular formula is C30H23NO. The number of aromatic nitrogens is 1. The van der Waals surface area contributed by atoms with Crippen LogP contribution >= 0.6 is 0 Å². The van der Waals surface area contributed by atoms with Crippen LogP contribution in [0, 0.1) is 0 Å². The fraction of sp³-hybridized carbons (Fsp3) is 0.0667. The van der Waals surface area contributed by atoms with Crippen LogP contribution in [-0.4, -0.2) is 11.7 Å². The standard InChI is InChI=1S/C30H23NO/c1-31-26-16-10-9-15-24(26)29-28(21-13-7-4-8-14-21)27(20-11-5-3-6-12-20)25-19-22(32-2)17-18-23(25)30(29)31/h3-19H,1-2H3. The lowest BCUT2D eigenvalue weighted by Crippen LogP contribution is -1.94. The molecule has 0 fully saturated rings. The van der Waals surface area contributed by atoms with Gasteiger partial charge >= 0.3 is 0 Å². The Kier molecular flexibility index (Phi) is 4.26. The van der Waals surface area contributed by atoms with Crippen molar-refractivity contribution in [2.45, 2.75) is 0 Å². The van der Waals surface area contributed by atoms with Crippen LogP contribution < -0.4 is 4.74 Å². The Hall–Kier alpha value is -4.04. The molecule has 32 heavy (non-hydrogen) atoms. The molecule has 5 aromatic carbocycles. The molecule has 0 aliphatic rings. The molecule has 0 amide bonds. The third-order valence-corrected chi connectivity index (χ3v) is 6.48. The molecule has 0 bridgehead atoms. The number of methoxy groups -OCH3 is 1. The quantitative estimate of drug-likeness (QED) is 0.288. The van der Waals surface area contributed by atoms with Gasteiger partial charge in [0, 0.05) is 34.3 Å². The van der Waals surface area contributed by atoms with Crippen molar-refractivity contribution in [3.63, 3.8) is 0 Å².